The lowest BCUT2D eigenvalue weighted by molar-refractivity contribution is -0.116. The summed E-state index contributed by atoms with van der Waals surface area (Å²) in [6, 6.07) is 19.5. The van der Waals surface area contributed by atoms with E-state index in [0.717, 1.165) is 33.3 Å². The second kappa shape index (κ2) is 6.78. The molecule has 29 heavy (non-hydrogen) atoms. The fourth-order valence-corrected chi connectivity index (χ4v) is 4.22. The third kappa shape index (κ3) is 3.14. The minimum Gasteiger partial charge on any atom is -0.508 e. The Balaban J connectivity index is 1.68. The summed E-state index contributed by atoms with van der Waals surface area (Å²) in [5.41, 5.74) is 4.69. The summed E-state index contributed by atoms with van der Waals surface area (Å²) >= 11 is 0. The predicted octanol–water partition coefficient (Wildman–Crippen LogP) is 5.01. The molecule has 2 heterocycles. The third-order valence-electron chi connectivity index (χ3n) is 5.51. The number of hydrogen-bond donors (Lipinski definition) is 2. The van der Waals surface area contributed by atoms with E-state index in [1.807, 2.05) is 36.4 Å². The molecule has 4 aromatic rings. The highest BCUT2D eigenvalue weighted by Crippen LogP contribution is 2.41. The van der Waals surface area contributed by atoms with Crippen molar-refractivity contribution in [2.45, 2.75) is 18.9 Å². The van der Waals surface area contributed by atoms with E-state index in [9.17, 15) is 14.3 Å². The second-order valence-electron chi connectivity index (χ2n) is 7.44. The quantitative estimate of drug-likeness (QED) is 0.520. The van der Waals surface area contributed by atoms with Crippen molar-refractivity contribution in [2.24, 2.45) is 0 Å². The molecular formula is C24H19FN2O2. The lowest BCUT2D eigenvalue weighted by atomic mass is 9.88. The summed E-state index contributed by atoms with van der Waals surface area (Å²) in [4.78, 5) is 12.5. The number of phenolic OH excluding ortho intramolecular Hbond substituents is 1. The van der Waals surface area contributed by atoms with Crippen LogP contribution in [0.15, 0.2) is 72.9 Å². The number of aromatic nitrogens is 1. The van der Waals surface area contributed by atoms with E-state index < -0.39 is 0 Å². The summed E-state index contributed by atoms with van der Waals surface area (Å²) in [5, 5.41) is 13.7. The lowest BCUT2D eigenvalue weighted by Gasteiger charge is -2.14. The highest BCUT2D eigenvalue weighted by molar-refractivity contribution is 6.06. The van der Waals surface area contributed by atoms with Crippen LogP contribution < -0.4 is 5.32 Å². The molecule has 3 aromatic carbocycles. The number of phenols is 1. The zero-order valence-corrected chi connectivity index (χ0v) is 15.6. The predicted molar refractivity (Wildman–Crippen MR) is 111 cm³/mol. The number of aromatic hydroxyl groups is 1. The molecule has 0 fully saturated rings. The molecule has 1 aromatic heterocycles. The van der Waals surface area contributed by atoms with Gasteiger partial charge in [-0.15, -0.1) is 0 Å². The molecular weight excluding hydrogens is 367 g/mol. The van der Waals surface area contributed by atoms with Gasteiger partial charge in [0.2, 0.25) is 5.91 Å². The first-order chi connectivity index (χ1) is 14.1. The molecule has 2 N–H and O–H groups in total. The Labute approximate surface area is 167 Å². The standard InChI is InChI=1S/C24H19FN2O2/c25-17-4-1-3-15(11-17)13-27-14-20-19(16-7-9-18(28)10-8-16)12-23(29)26-21-5-2-6-22(27)24(20)21/h1-11,14,19,28H,12-13H2,(H,26,29). The molecule has 1 amide bonds. The van der Waals surface area contributed by atoms with E-state index in [1.165, 1.54) is 6.07 Å². The van der Waals surface area contributed by atoms with Crippen LogP contribution in [0.1, 0.15) is 29.0 Å². The number of rotatable bonds is 3. The number of benzene rings is 3. The zero-order valence-electron chi connectivity index (χ0n) is 15.6. The smallest absolute Gasteiger partial charge is 0.225 e. The van der Waals surface area contributed by atoms with Crippen LogP contribution in [0.4, 0.5) is 10.1 Å². The Morgan fingerprint density at radius 1 is 1.07 bits per heavy atom. The minimum atomic E-state index is -0.254. The molecule has 0 spiro atoms. The number of amides is 1. The van der Waals surface area contributed by atoms with Crippen molar-refractivity contribution in [1.29, 1.82) is 0 Å². The van der Waals surface area contributed by atoms with E-state index in [2.05, 4.69) is 16.1 Å². The van der Waals surface area contributed by atoms with Gasteiger partial charge in [0.05, 0.1) is 11.2 Å². The van der Waals surface area contributed by atoms with Gasteiger partial charge in [-0.1, -0.05) is 30.3 Å². The molecule has 1 atom stereocenters. The Morgan fingerprint density at radius 2 is 1.86 bits per heavy atom. The Bertz CT molecular complexity index is 1230. The van der Waals surface area contributed by atoms with Gasteiger partial charge in [-0.3, -0.25) is 4.79 Å². The first-order valence-electron chi connectivity index (χ1n) is 9.53. The summed E-state index contributed by atoms with van der Waals surface area (Å²) in [6.45, 7) is 0.536. The monoisotopic (exact) mass is 386 g/mol. The molecule has 144 valence electrons. The Morgan fingerprint density at radius 3 is 2.66 bits per heavy atom. The van der Waals surface area contributed by atoms with Crippen molar-refractivity contribution in [3.05, 3.63) is 95.4 Å². The van der Waals surface area contributed by atoms with E-state index in [0.29, 0.717) is 13.0 Å². The van der Waals surface area contributed by atoms with Gasteiger partial charge in [0.25, 0.3) is 0 Å². The Kier molecular flexibility index (Phi) is 4.09. The van der Waals surface area contributed by atoms with Crippen LogP contribution in [0.25, 0.3) is 10.9 Å². The van der Waals surface area contributed by atoms with Crippen LogP contribution in [0.5, 0.6) is 5.75 Å². The van der Waals surface area contributed by atoms with Gasteiger partial charge in [-0.05, 0) is 53.1 Å². The topological polar surface area (TPSA) is 54.3 Å². The number of nitrogens with one attached hydrogen (secondary N) is 1. The zero-order chi connectivity index (χ0) is 20.0. The number of carbonyl (C=O) groups excluding carboxylic acids is 1. The number of halogens is 1. The first kappa shape index (κ1) is 17.5. The highest BCUT2D eigenvalue weighted by atomic mass is 19.1. The molecule has 1 aliphatic heterocycles. The van der Waals surface area contributed by atoms with Gasteiger partial charge in [0, 0.05) is 30.5 Å². The van der Waals surface area contributed by atoms with Crippen molar-refractivity contribution in [1.82, 2.24) is 4.57 Å². The van der Waals surface area contributed by atoms with Crippen LogP contribution in [-0.4, -0.2) is 15.6 Å². The fraction of sp³-hybridized carbons (Fsp3) is 0.125. The molecule has 5 heteroatoms. The van der Waals surface area contributed by atoms with Gasteiger partial charge in [0.15, 0.2) is 0 Å². The Hall–Kier alpha value is -3.60. The van der Waals surface area contributed by atoms with Gasteiger partial charge in [-0.25, -0.2) is 4.39 Å². The maximum Gasteiger partial charge on any atom is 0.225 e. The van der Waals surface area contributed by atoms with Gasteiger partial charge in [0.1, 0.15) is 11.6 Å². The fourth-order valence-electron chi connectivity index (χ4n) is 4.22. The van der Waals surface area contributed by atoms with E-state index in [-0.39, 0.29) is 23.4 Å². The van der Waals surface area contributed by atoms with E-state index in [1.54, 1.807) is 24.3 Å². The average molecular weight is 386 g/mol. The highest BCUT2D eigenvalue weighted by Gasteiger charge is 2.27. The van der Waals surface area contributed by atoms with Crippen molar-refractivity contribution in [2.75, 3.05) is 5.32 Å². The maximum atomic E-state index is 13.7. The van der Waals surface area contributed by atoms with Crippen molar-refractivity contribution in [3.8, 4) is 5.75 Å². The molecule has 4 nitrogen and oxygen atoms in total. The minimum absolute atomic E-state index is 0.0385. The van der Waals surface area contributed by atoms with Crippen LogP contribution >= 0.6 is 0 Å². The molecule has 1 aliphatic rings. The lowest BCUT2D eigenvalue weighted by Crippen LogP contribution is -2.13. The normalized spacial score (nSPS) is 15.9. The number of nitrogens with zero attached hydrogens (tertiary/aromatic N) is 1. The molecule has 5 rings (SSSR count). The molecule has 1 unspecified atom stereocenters. The third-order valence-corrected chi connectivity index (χ3v) is 5.51. The average Bonchev–Trinajstić information content (AvgIpc) is 2.99. The van der Waals surface area contributed by atoms with E-state index in [4.69, 9.17) is 0 Å². The molecule has 0 bridgehead atoms. The number of carbonyl (C=O) groups is 1. The summed E-state index contributed by atoms with van der Waals surface area (Å²) in [5.74, 6) is -0.227. The van der Waals surface area contributed by atoms with Crippen LogP contribution in [-0.2, 0) is 11.3 Å². The van der Waals surface area contributed by atoms with Crippen LogP contribution in [0, 0.1) is 5.82 Å². The molecule has 0 radical (unpaired) electrons. The van der Waals surface area contributed by atoms with Crippen molar-refractivity contribution in [3.63, 3.8) is 0 Å². The second-order valence-corrected chi connectivity index (χ2v) is 7.44. The number of hydrogen-bond acceptors (Lipinski definition) is 2. The molecule has 0 saturated carbocycles. The summed E-state index contributed by atoms with van der Waals surface area (Å²) in [7, 11) is 0. The number of anilines is 1. The van der Waals surface area contributed by atoms with E-state index >= 15 is 0 Å². The maximum absolute atomic E-state index is 13.7. The van der Waals surface area contributed by atoms with Gasteiger partial charge >= 0.3 is 0 Å². The van der Waals surface area contributed by atoms with Gasteiger partial charge < -0.3 is 15.0 Å². The van der Waals surface area contributed by atoms with Crippen LogP contribution in [0.2, 0.25) is 0 Å². The van der Waals surface area contributed by atoms with Crippen molar-refractivity contribution >= 4 is 22.5 Å². The van der Waals surface area contributed by atoms with Crippen LogP contribution in [0.3, 0.4) is 0 Å². The molecule has 0 saturated heterocycles. The SMILES string of the molecule is O=C1CC(c2ccc(O)cc2)c2cn(Cc3cccc(F)c3)c3cccc(c23)N1. The van der Waals surface area contributed by atoms with Crippen molar-refractivity contribution < 1.29 is 14.3 Å². The first-order valence-corrected chi connectivity index (χ1v) is 9.53. The van der Waals surface area contributed by atoms with Gasteiger partial charge in [-0.2, -0.15) is 0 Å². The summed E-state index contributed by atoms with van der Waals surface area (Å²) in [6.07, 6.45) is 2.38. The molecule has 0 aliphatic carbocycles. The summed E-state index contributed by atoms with van der Waals surface area (Å²) < 4.78 is 15.8. The largest absolute Gasteiger partial charge is 0.508 e.